The monoisotopic (exact) mass is 468 g/mol. The summed E-state index contributed by atoms with van der Waals surface area (Å²) >= 11 is 0. The predicted molar refractivity (Wildman–Crippen MR) is 127 cm³/mol. The zero-order valence-corrected chi connectivity index (χ0v) is 19.9. The lowest BCUT2D eigenvalue weighted by molar-refractivity contribution is 0.0696. The first-order valence-corrected chi connectivity index (χ1v) is 11.4. The summed E-state index contributed by atoms with van der Waals surface area (Å²) in [5.41, 5.74) is 1.61. The minimum Gasteiger partial charge on any atom is -0.478 e. The molecule has 1 aliphatic rings. The fraction of sp³-hybridized carbons (Fsp3) is 0.440. The Bertz CT molecular complexity index is 991. The molecule has 1 fully saturated rings. The van der Waals surface area contributed by atoms with E-state index in [4.69, 9.17) is 9.84 Å². The molecule has 0 bridgehead atoms. The van der Waals surface area contributed by atoms with Gasteiger partial charge in [0.15, 0.2) is 0 Å². The quantitative estimate of drug-likeness (QED) is 0.641. The van der Waals surface area contributed by atoms with Crippen LogP contribution in [0.3, 0.4) is 0 Å². The molecule has 1 aromatic heterocycles. The van der Waals surface area contributed by atoms with E-state index in [1.807, 2.05) is 0 Å². The van der Waals surface area contributed by atoms with Crippen LogP contribution < -0.4 is 10.1 Å². The highest BCUT2D eigenvalue weighted by molar-refractivity contribution is 5.94. The van der Waals surface area contributed by atoms with E-state index in [2.05, 4.69) is 36.0 Å². The second-order valence-electron chi connectivity index (χ2n) is 9.57. The number of hydrogen-bond acceptors (Lipinski definition) is 6. The van der Waals surface area contributed by atoms with Gasteiger partial charge in [-0.3, -0.25) is 14.7 Å². The molecule has 3 rings (SSSR count). The molecule has 2 N–H and O–H groups in total. The number of ether oxygens (including phenoxy) is 1. The molecule has 0 radical (unpaired) electrons. The van der Waals surface area contributed by atoms with Crippen molar-refractivity contribution in [3.63, 3.8) is 0 Å². The summed E-state index contributed by atoms with van der Waals surface area (Å²) in [4.78, 5) is 43.7. The van der Waals surface area contributed by atoms with Crippen molar-refractivity contribution in [2.24, 2.45) is 5.41 Å². The van der Waals surface area contributed by atoms with E-state index in [-0.39, 0.29) is 16.9 Å². The summed E-state index contributed by atoms with van der Waals surface area (Å²) in [7, 11) is 0. The Labute approximate surface area is 199 Å². The topological polar surface area (TPSA) is 112 Å². The van der Waals surface area contributed by atoms with E-state index >= 15 is 0 Å². The Balaban J connectivity index is 1.43. The minimum absolute atomic E-state index is 0.148. The molecule has 0 saturated carbocycles. The second-order valence-corrected chi connectivity index (χ2v) is 9.57. The molecule has 2 amide bonds. The average Bonchev–Trinajstić information content (AvgIpc) is 2.79. The van der Waals surface area contributed by atoms with Crippen LogP contribution in [0.15, 0.2) is 42.6 Å². The van der Waals surface area contributed by atoms with Gasteiger partial charge in [0.25, 0.3) is 5.91 Å². The fourth-order valence-electron chi connectivity index (χ4n) is 3.46. The maximum absolute atomic E-state index is 12.5. The summed E-state index contributed by atoms with van der Waals surface area (Å²) in [5, 5.41) is 11.9. The largest absolute Gasteiger partial charge is 0.478 e. The third kappa shape index (κ3) is 7.55. The molecule has 2 aromatic rings. The lowest BCUT2D eigenvalue weighted by Gasteiger charge is -2.33. The van der Waals surface area contributed by atoms with Crippen LogP contribution in [0.4, 0.5) is 4.79 Å². The number of rotatable bonds is 7. The highest BCUT2D eigenvalue weighted by Crippen LogP contribution is 2.18. The van der Waals surface area contributed by atoms with E-state index in [1.165, 1.54) is 6.20 Å². The number of piperazine rings is 1. The van der Waals surface area contributed by atoms with Crippen molar-refractivity contribution >= 4 is 18.0 Å². The fourth-order valence-corrected chi connectivity index (χ4v) is 3.46. The zero-order valence-electron chi connectivity index (χ0n) is 19.9. The molecule has 1 saturated heterocycles. The Morgan fingerprint density at radius 2 is 1.65 bits per heavy atom. The van der Waals surface area contributed by atoms with Gasteiger partial charge in [-0.05, 0) is 48.2 Å². The van der Waals surface area contributed by atoms with E-state index in [0.29, 0.717) is 50.6 Å². The van der Waals surface area contributed by atoms with Crippen LogP contribution in [0.2, 0.25) is 0 Å². The Morgan fingerprint density at radius 1 is 1.00 bits per heavy atom. The van der Waals surface area contributed by atoms with Gasteiger partial charge in [-0.15, -0.1) is 0 Å². The van der Waals surface area contributed by atoms with Gasteiger partial charge < -0.3 is 20.1 Å². The molecule has 0 aliphatic carbocycles. The Hall–Kier alpha value is -3.46. The first-order valence-electron chi connectivity index (χ1n) is 11.4. The van der Waals surface area contributed by atoms with Gasteiger partial charge in [-0.1, -0.05) is 20.8 Å². The van der Waals surface area contributed by atoms with Crippen molar-refractivity contribution in [2.45, 2.75) is 33.7 Å². The number of benzene rings is 1. The number of amides is 2. The van der Waals surface area contributed by atoms with Gasteiger partial charge in [-0.2, -0.15) is 0 Å². The van der Waals surface area contributed by atoms with Gasteiger partial charge >= 0.3 is 12.1 Å². The summed E-state index contributed by atoms with van der Waals surface area (Å²) in [5.74, 6) is -0.757. The molecule has 9 nitrogen and oxygen atoms in total. The molecule has 9 heteroatoms. The molecule has 182 valence electrons. The van der Waals surface area contributed by atoms with Gasteiger partial charge in [0.2, 0.25) is 0 Å². The Kier molecular flexibility index (Phi) is 8.22. The van der Waals surface area contributed by atoms with Crippen LogP contribution in [0.1, 0.15) is 53.6 Å². The number of nitrogens with zero attached hydrogens (tertiary/aromatic N) is 3. The Morgan fingerprint density at radius 3 is 2.21 bits per heavy atom. The summed E-state index contributed by atoms with van der Waals surface area (Å²) in [6, 6.07) is 9.79. The molecule has 34 heavy (non-hydrogen) atoms. The number of carbonyl (C=O) groups is 3. The third-order valence-corrected chi connectivity index (χ3v) is 5.57. The minimum atomic E-state index is -1.000. The first kappa shape index (κ1) is 25.2. The number of pyridine rings is 1. The van der Waals surface area contributed by atoms with Crippen LogP contribution in [-0.4, -0.2) is 70.6 Å². The number of hydrogen-bond donors (Lipinski definition) is 2. The van der Waals surface area contributed by atoms with Crippen LogP contribution in [-0.2, 0) is 6.54 Å². The van der Waals surface area contributed by atoms with E-state index in [9.17, 15) is 14.4 Å². The average molecular weight is 469 g/mol. The molecule has 2 heterocycles. The number of nitrogens with one attached hydrogen (secondary N) is 1. The number of carboxylic acids is 1. The van der Waals surface area contributed by atoms with Crippen molar-refractivity contribution in [3.05, 3.63) is 59.4 Å². The standard InChI is InChI=1S/C25H32N4O5/c1-25(2,3)10-11-26-22(30)18-5-8-21(9-6-18)34-24(33)29-14-12-28(13-15-29)17-20-7-4-19(16-27-20)23(31)32/h4-9,16H,10-15,17H2,1-3H3,(H,26,30)(H,31,32). The maximum atomic E-state index is 12.5. The first-order chi connectivity index (χ1) is 16.1. The normalized spacial score (nSPS) is 14.5. The van der Waals surface area contributed by atoms with Crippen molar-refractivity contribution in [1.29, 1.82) is 0 Å². The number of carboxylic acid groups (broad SMARTS) is 1. The van der Waals surface area contributed by atoms with Crippen molar-refractivity contribution < 1.29 is 24.2 Å². The summed E-state index contributed by atoms with van der Waals surface area (Å²) < 4.78 is 5.47. The second kappa shape index (κ2) is 11.1. The summed E-state index contributed by atoms with van der Waals surface area (Å²) in [6.07, 6.45) is 1.81. The van der Waals surface area contributed by atoms with Crippen molar-refractivity contribution in [1.82, 2.24) is 20.1 Å². The van der Waals surface area contributed by atoms with Crippen LogP contribution >= 0.6 is 0 Å². The highest BCUT2D eigenvalue weighted by Gasteiger charge is 2.23. The van der Waals surface area contributed by atoms with Gasteiger partial charge in [-0.25, -0.2) is 9.59 Å². The third-order valence-electron chi connectivity index (χ3n) is 5.57. The SMILES string of the molecule is CC(C)(C)CCNC(=O)c1ccc(OC(=O)N2CCN(Cc3ccc(C(=O)O)cn3)CC2)cc1. The van der Waals surface area contributed by atoms with Crippen LogP contribution in [0, 0.1) is 5.41 Å². The van der Waals surface area contributed by atoms with Gasteiger partial charge in [0.1, 0.15) is 5.75 Å². The smallest absolute Gasteiger partial charge is 0.415 e. The van der Waals surface area contributed by atoms with E-state index in [0.717, 1.165) is 12.1 Å². The molecule has 0 unspecified atom stereocenters. The lowest BCUT2D eigenvalue weighted by Crippen LogP contribution is -2.49. The van der Waals surface area contributed by atoms with Crippen molar-refractivity contribution in [3.8, 4) is 5.75 Å². The number of aromatic carboxylic acids is 1. The zero-order chi connectivity index (χ0) is 24.7. The lowest BCUT2D eigenvalue weighted by atomic mass is 9.92. The highest BCUT2D eigenvalue weighted by atomic mass is 16.6. The number of carbonyl (C=O) groups excluding carboxylic acids is 2. The molecule has 1 aliphatic heterocycles. The molecule has 1 aromatic carbocycles. The molecule has 0 spiro atoms. The van der Waals surface area contributed by atoms with E-state index < -0.39 is 12.1 Å². The van der Waals surface area contributed by atoms with Gasteiger partial charge in [0.05, 0.1) is 11.3 Å². The number of aromatic nitrogens is 1. The van der Waals surface area contributed by atoms with E-state index in [1.54, 1.807) is 41.3 Å². The maximum Gasteiger partial charge on any atom is 0.415 e. The van der Waals surface area contributed by atoms with Gasteiger partial charge in [0, 0.05) is 51.0 Å². The molecular formula is C25H32N4O5. The molecule has 0 atom stereocenters. The van der Waals surface area contributed by atoms with Crippen molar-refractivity contribution in [2.75, 3.05) is 32.7 Å². The van der Waals surface area contributed by atoms with Crippen LogP contribution in [0.25, 0.3) is 0 Å². The van der Waals surface area contributed by atoms with Crippen LogP contribution in [0.5, 0.6) is 5.75 Å². The molecular weight excluding hydrogens is 436 g/mol. The predicted octanol–water partition coefficient (Wildman–Crippen LogP) is 3.26. The summed E-state index contributed by atoms with van der Waals surface area (Å²) in [6.45, 7) is 9.91.